The smallest absolute Gasteiger partial charge is 0.353 e. The van der Waals surface area contributed by atoms with Crippen LogP contribution in [0.1, 0.15) is 12.8 Å². The Morgan fingerprint density at radius 3 is 2.45 bits per heavy atom. The van der Waals surface area contributed by atoms with E-state index < -0.39 is 14.8 Å². The fourth-order valence-electron chi connectivity index (χ4n) is 2.07. The number of hydrogen-bond acceptors (Lipinski definition) is 8. The summed E-state index contributed by atoms with van der Waals surface area (Å²) in [6.45, 7) is 0. The molecular formula is C10H15N5O4S. The third-order valence-electron chi connectivity index (χ3n) is 3.14. The third kappa shape index (κ3) is 3.13. The van der Waals surface area contributed by atoms with E-state index in [1.807, 2.05) is 0 Å². The maximum Gasteiger partial charge on any atom is 0.353 e. The molecule has 2 N–H and O–H groups in total. The molecule has 0 atom stereocenters. The Bertz CT molecular complexity index is 604. The minimum atomic E-state index is -2.97. The highest BCUT2D eigenvalue weighted by Crippen LogP contribution is 2.30. The van der Waals surface area contributed by atoms with Crippen molar-refractivity contribution in [3.63, 3.8) is 0 Å². The van der Waals surface area contributed by atoms with Gasteiger partial charge in [0.05, 0.1) is 16.4 Å². The Kier molecular flexibility index (Phi) is 4.02. The van der Waals surface area contributed by atoms with Crippen LogP contribution < -0.4 is 10.6 Å². The van der Waals surface area contributed by atoms with E-state index in [1.165, 1.54) is 13.4 Å². The molecule has 0 unspecified atom stereocenters. The number of anilines is 2. The van der Waals surface area contributed by atoms with E-state index in [4.69, 9.17) is 0 Å². The molecule has 0 spiro atoms. The second-order valence-electron chi connectivity index (χ2n) is 4.50. The van der Waals surface area contributed by atoms with Crippen LogP contribution in [0.15, 0.2) is 6.33 Å². The lowest BCUT2D eigenvalue weighted by Crippen LogP contribution is -2.32. The van der Waals surface area contributed by atoms with Crippen molar-refractivity contribution in [1.29, 1.82) is 0 Å². The summed E-state index contributed by atoms with van der Waals surface area (Å²) in [7, 11) is -1.43. The van der Waals surface area contributed by atoms with Gasteiger partial charge in [-0.1, -0.05) is 0 Å². The molecule has 0 saturated carbocycles. The molecule has 0 amide bonds. The summed E-state index contributed by atoms with van der Waals surface area (Å²) < 4.78 is 22.7. The van der Waals surface area contributed by atoms with Gasteiger partial charge < -0.3 is 10.6 Å². The summed E-state index contributed by atoms with van der Waals surface area (Å²) in [6.07, 6.45) is 2.05. The van der Waals surface area contributed by atoms with Crippen LogP contribution in [-0.2, 0) is 9.84 Å². The van der Waals surface area contributed by atoms with E-state index in [2.05, 4.69) is 20.6 Å². The molecule has 2 rings (SSSR count). The van der Waals surface area contributed by atoms with Crippen LogP contribution in [0.4, 0.5) is 17.3 Å². The molecule has 110 valence electrons. The first-order valence-electron chi connectivity index (χ1n) is 6.07. The molecule has 1 saturated heterocycles. The standard InChI is InChI=1S/C10H15N5O4S/c1-11-9-8(15(16)17)10(13-6-12-9)14-7-2-4-20(18,19)5-3-7/h6-7H,2-5H2,1H3,(H2,11,12,13,14). The van der Waals surface area contributed by atoms with E-state index >= 15 is 0 Å². The van der Waals surface area contributed by atoms with Crippen molar-refractivity contribution in [2.75, 3.05) is 29.2 Å². The second kappa shape index (κ2) is 5.57. The number of aromatic nitrogens is 2. The number of rotatable bonds is 4. The maximum absolute atomic E-state index is 11.4. The molecule has 0 radical (unpaired) electrons. The molecule has 0 bridgehead atoms. The number of hydrogen-bond donors (Lipinski definition) is 2. The first-order chi connectivity index (χ1) is 9.43. The van der Waals surface area contributed by atoms with Crippen LogP contribution in [0, 0.1) is 10.1 Å². The van der Waals surface area contributed by atoms with Crippen molar-refractivity contribution in [3.05, 3.63) is 16.4 Å². The summed E-state index contributed by atoms with van der Waals surface area (Å²) in [5.41, 5.74) is -0.233. The van der Waals surface area contributed by atoms with Crippen LogP contribution in [0.3, 0.4) is 0 Å². The molecule has 1 fully saturated rings. The SMILES string of the molecule is CNc1ncnc(NC2CCS(=O)(=O)CC2)c1[N+](=O)[O-]. The molecular weight excluding hydrogens is 286 g/mol. The number of nitrogens with one attached hydrogen (secondary N) is 2. The number of nitrogens with zero attached hydrogens (tertiary/aromatic N) is 3. The molecule has 1 aliphatic rings. The van der Waals surface area contributed by atoms with Gasteiger partial charge in [0.15, 0.2) is 0 Å². The highest BCUT2D eigenvalue weighted by molar-refractivity contribution is 7.91. The zero-order chi connectivity index (χ0) is 14.8. The quantitative estimate of drug-likeness (QED) is 0.605. The van der Waals surface area contributed by atoms with E-state index in [0.29, 0.717) is 12.8 Å². The highest BCUT2D eigenvalue weighted by atomic mass is 32.2. The fourth-order valence-corrected chi connectivity index (χ4v) is 3.56. The molecule has 9 nitrogen and oxygen atoms in total. The van der Waals surface area contributed by atoms with Crippen LogP contribution in [0.5, 0.6) is 0 Å². The Morgan fingerprint density at radius 2 is 1.90 bits per heavy atom. The average molecular weight is 301 g/mol. The minimum absolute atomic E-state index is 0.0857. The predicted molar refractivity (Wildman–Crippen MR) is 73.5 cm³/mol. The van der Waals surface area contributed by atoms with Crippen molar-refractivity contribution in [3.8, 4) is 0 Å². The predicted octanol–water partition coefficient (Wildman–Crippen LogP) is 0.416. The zero-order valence-corrected chi connectivity index (χ0v) is 11.7. The van der Waals surface area contributed by atoms with Gasteiger partial charge in [0, 0.05) is 13.1 Å². The number of sulfone groups is 1. The molecule has 0 aliphatic carbocycles. The Hall–Kier alpha value is -1.97. The fraction of sp³-hybridized carbons (Fsp3) is 0.600. The van der Waals surface area contributed by atoms with Gasteiger partial charge >= 0.3 is 5.69 Å². The van der Waals surface area contributed by atoms with Crippen molar-refractivity contribution in [1.82, 2.24) is 9.97 Å². The van der Waals surface area contributed by atoms with Gasteiger partial charge in [-0.15, -0.1) is 0 Å². The monoisotopic (exact) mass is 301 g/mol. The maximum atomic E-state index is 11.4. The topological polar surface area (TPSA) is 127 Å². The Labute approximate surface area is 115 Å². The minimum Gasteiger partial charge on any atom is -0.367 e. The van der Waals surface area contributed by atoms with Crippen LogP contribution >= 0.6 is 0 Å². The molecule has 1 aliphatic heterocycles. The first-order valence-corrected chi connectivity index (χ1v) is 7.89. The first kappa shape index (κ1) is 14.4. The Balaban J connectivity index is 2.20. The van der Waals surface area contributed by atoms with Crippen molar-refractivity contribution in [2.24, 2.45) is 0 Å². The summed E-state index contributed by atoms with van der Waals surface area (Å²) in [4.78, 5) is 18.2. The van der Waals surface area contributed by atoms with Gasteiger partial charge in [0.1, 0.15) is 16.2 Å². The highest BCUT2D eigenvalue weighted by Gasteiger charge is 2.28. The molecule has 10 heteroatoms. The van der Waals surface area contributed by atoms with Gasteiger partial charge in [0.25, 0.3) is 0 Å². The van der Waals surface area contributed by atoms with Gasteiger partial charge in [0.2, 0.25) is 11.6 Å². The van der Waals surface area contributed by atoms with Crippen molar-refractivity contribution >= 4 is 27.2 Å². The Morgan fingerprint density at radius 1 is 1.30 bits per heavy atom. The van der Waals surface area contributed by atoms with E-state index in [-0.39, 0.29) is 34.9 Å². The third-order valence-corrected chi connectivity index (χ3v) is 4.85. The normalized spacial score (nSPS) is 18.4. The van der Waals surface area contributed by atoms with E-state index in [0.717, 1.165) is 0 Å². The lowest BCUT2D eigenvalue weighted by Gasteiger charge is -2.23. The summed E-state index contributed by atoms with van der Waals surface area (Å²) in [6, 6.07) is -0.142. The van der Waals surface area contributed by atoms with E-state index in [1.54, 1.807) is 0 Å². The van der Waals surface area contributed by atoms with Gasteiger partial charge in [-0.3, -0.25) is 10.1 Å². The largest absolute Gasteiger partial charge is 0.367 e. The van der Waals surface area contributed by atoms with Gasteiger partial charge in [-0.25, -0.2) is 18.4 Å². The zero-order valence-electron chi connectivity index (χ0n) is 10.9. The average Bonchev–Trinajstić information content (AvgIpc) is 2.40. The summed E-state index contributed by atoms with van der Waals surface area (Å²) >= 11 is 0. The molecule has 2 heterocycles. The van der Waals surface area contributed by atoms with Gasteiger partial charge in [-0.05, 0) is 12.8 Å². The molecule has 20 heavy (non-hydrogen) atoms. The number of nitro groups is 1. The summed E-state index contributed by atoms with van der Waals surface area (Å²) in [5.74, 6) is 0.403. The molecule has 1 aromatic heterocycles. The van der Waals surface area contributed by atoms with Crippen molar-refractivity contribution in [2.45, 2.75) is 18.9 Å². The molecule has 1 aromatic rings. The molecule has 0 aromatic carbocycles. The summed E-state index contributed by atoms with van der Waals surface area (Å²) in [5, 5.41) is 16.7. The lowest BCUT2D eigenvalue weighted by molar-refractivity contribution is -0.383. The van der Waals surface area contributed by atoms with Gasteiger partial charge in [-0.2, -0.15) is 0 Å². The van der Waals surface area contributed by atoms with Crippen LogP contribution in [0.2, 0.25) is 0 Å². The van der Waals surface area contributed by atoms with Crippen LogP contribution in [-0.4, -0.2) is 47.9 Å². The second-order valence-corrected chi connectivity index (χ2v) is 6.80. The van der Waals surface area contributed by atoms with E-state index in [9.17, 15) is 18.5 Å². The van der Waals surface area contributed by atoms with Crippen LogP contribution in [0.25, 0.3) is 0 Å². The van der Waals surface area contributed by atoms with Crippen molar-refractivity contribution < 1.29 is 13.3 Å². The lowest BCUT2D eigenvalue weighted by atomic mass is 10.1.